The number of amides is 2. The Morgan fingerprint density at radius 3 is 2.61 bits per heavy atom. The number of aromatic amines is 1. The third-order valence-electron chi connectivity index (χ3n) is 5.01. The molecule has 0 atom stereocenters. The minimum absolute atomic E-state index is 0.0203. The van der Waals surface area contributed by atoms with Gasteiger partial charge < -0.3 is 15.2 Å². The molecule has 1 saturated heterocycles. The third kappa shape index (κ3) is 3.53. The van der Waals surface area contributed by atoms with Gasteiger partial charge >= 0.3 is 0 Å². The van der Waals surface area contributed by atoms with Gasteiger partial charge in [-0.25, -0.2) is 4.52 Å². The van der Waals surface area contributed by atoms with Crippen molar-refractivity contribution < 1.29 is 9.59 Å². The average molecular weight is 379 g/mol. The van der Waals surface area contributed by atoms with Crippen LogP contribution in [0.15, 0.2) is 47.4 Å². The number of likely N-dealkylation sites (tertiary alicyclic amines) is 1. The first-order valence-electron chi connectivity index (χ1n) is 9.26. The number of hydrogen-bond donors (Lipinski definition) is 2. The number of hydrogen-bond acceptors (Lipinski definition) is 4. The van der Waals surface area contributed by atoms with Crippen LogP contribution < -0.4 is 10.9 Å². The van der Waals surface area contributed by atoms with Gasteiger partial charge in [0.15, 0.2) is 5.69 Å². The van der Waals surface area contributed by atoms with Gasteiger partial charge in [0, 0.05) is 42.7 Å². The highest BCUT2D eigenvalue weighted by molar-refractivity contribution is 5.95. The molecule has 4 rings (SSSR count). The molecule has 0 spiro atoms. The monoisotopic (exact) mass is 379 g/mol. The number of H-pyrrole nitrogens is 1. The second-order valence-electron chi connectivity index (χ2n) is 7.05. The second-order valence-corrected chi connectivity index (χ2v) is 7.05. The van der Waals surface area contributed by atoms with Crippen molar-refractivity contribution in [2.24, 2.45) is 5.92 Å². The molecule has 0 unspecified atom stereocenters. The van der Waals surface area contributed by atoms with E-state index in [0.717, 1.165) is 5.69 Å². The number of benzene rings is 1. The highest BCUT2D eigenvalue weighted by Gasteiger charge is 2.29. The van der Waals surface area contributed by atoms with E-state index in [1.165, 1.54) is 10.6 Å². The van der Waals surface area contributed by atoms with Gasteiger partial charge in [0.2, 0.25) is 5.91 Å². The van der Waals surface area contributed by atoms with Crippen LogP contribution in [0.3, 0.4) is 0 Å². The first kappa shape index (κ1) is 18.0. The van der Waals surface area contributed by atoms with Crippen LogP contribution in [-0.4, -0.2) is 44.4 Å². The number of fused-ring (bicyclic) bond motifs is 1. The average Bonchev–Trinajstić information content (AvgIpc) is 3.13. The number of nitrogens with one attached hydrogen (secondary N) is 2. The van der Waals surface area contributed by atoms with E-state index in [1.807, 2.05) is 30.3 Å². The van der Waals surface area contributed by atoms with Crippen molar-refractivity contribution in [3.63, 3.8) is 0 Å². The predicted octanol–water partition coefficient (Wildman–Crippen LogP) is 1.82. The SMILES string of the molecule is Cc1cn2nc(C(=O)N3CCC(C(=O)Nc4ccccc4)CC3)cc2c(=O)[nH]1. The smallest absolute Gasteiger partial charge is 0.274 e. The maximum Gasteiger partial charge on any atom is 0.274 e. The van der Waals surface area contributed by atoms with E-state index in [1.54, 1.807) is 18.0 Å². The van der Waals surface area contributed by atoms with Gasteiger partial charge in [-0.3, -0.25) is 14.4 Å². The molecule has 0 radical (unpaired) electrons. The zero-order valence-corrected chi connectivity index (χ0v) is 15.5. The molecule has 3 heterocycles. The summed E-state index contributed by atoms with van der Waals surface area (Å²) in [5.41, 5.74) is 1.75. The lowest BCUT2D eigenvalue weighted by atomic mass is 9.95. The number of piperidine rings is 1. The Labute approximate surface area is 161 Å². The van der Waals surface area contributed by atoms with Gasteiger partial charge in [0.25, 0.3) is 11.5 Å². The summed E-state index contributed by atoms with van der Waals surface area (Å²) >= 11 is 0. The van der Waals surface area contributed by atoms with E-state index in [2.05, 4.69) is 15.4 Å². The highest BCUT2D eigenvalue weighted by Crippen LogP contribution is 2.21. The Morgan fingerprint density at radius 2 is 1.89 bits per heavy atom. The molecule has 1 aliphatic heterocycles. The van der Waals surface area contributed by atoms with Gasteiger partial charge in [-0.1, -0.05) is 18.2 Å². The summed E-state index contributed by atoms with van der Waals surface area (Å²) in [6, 6.07) is 10.9. The van der Waals surface area contributed by atoms with Crippen molar-refractivity contribution in [1.82, 2.24) is 19.5 Å². The van der Waals surface area contributed by atoms with Crippen LogP contribution in [-0.2, 0) is 4.79 Å². The third-order valence-corrected chi connectivity index (χ3v) is 5.01. The lowest BCUT2D eigenvalue weighted by Crippen LogP contribution is -2.41. The minimum Gasteiger partial charge on any atom is -0.337 e. The fourth-order valence-electron chi connectivity index (χ4n) is 3.50. The van der Waals surface area contributed by atoms with E-state index < -0.39 is 0 Å². The van der Waals surface area contributed by atoms with Gasteiger partial charge in [-0.05, 0) is 31.9 Å². The Bertz CT molecular complexity index is 1080. The molecule has 3 aromatic rings. The van der Waals surface area contributed by atoms with E-state index in [0.29, 0.717) is 37.1 Å². The first-order valence-corrected chi connectivity index (χ1v) is 9.26. The maximum atomic E-state index is 12.8. The van der Waals surface area contributed by atoms with Crippen LogP contribution in [0.1, 0.15) is 29.0 Å². The maximum absolute atomic E-state index is 12.8. The first-order chi connectivity index (χ1) is 13.5. The van der Waals surface area contributed by atoms with Gasteiger partial charge in [0.05, 0.1) is 0 Å². The summed E-state index contributed by atoms with van der Waals surface area (Å²) in [4.78, 5) is 41.6. The van der Waals surface area contributed by atoms with E-state index in [9.17, 15) is 14.4 Å². The number of anilines is 1. The molecule has 2 N–H and O–H groups in total. The lowest BCUT2D eigenvalue weighted by Gasteiger charge is -2.30. The molecule has 144 valence electrons. The fourth-order valence-corrected chi connectivity index (χ4v) is 3.50. The molecule has 1 fully saturated rings. The standard InChI is InChI=1S/C20H21N5O3/c1-13-12-25-17(19(27)21-13)11-16(23-25)20(28)24-9-7-14(8-10-24)18(26)22-15-5-3-2-4-6-15/h2-6,11-12,14H,7-10H2,1H3,(H,21,27)(H,22,26). The number of rotatable bonds is 3. The summed E-state index contributed by atoms with van der Waals surface area (Å²) in [5, 5.41) is 7.17. The predicted molar refractivity (Wildman–Crippen MR) is 104 cm³/mol. The molecule has 28 heavy (non-hydrogen) atoms. The molecule has 0 bridgehead atoms. The molecule has 8 nitrogen and oxygen atoms in total. The number of aryl methyl sites for hydroxylation is 1. The van der Waals surface area contributed by atoms with Crippen LogP contribution in [0.4, 0.5) is 5.69 Å². The number of para-hydroxylation sites is 1. The molecule has 8 heteroatoms. The summed E-state index contributed by atoms with van der Waals surface area (Å²) in [6.45, 7) is 2.72. The summed E-state index contributed by atoms with van der Waals surface area (Å²) in [5.74, 6) is -0.369. The Morgan fingerprint density at radius 1 is 1.18 bits per heavy atom. The summed E-state index contributed by atoms with van der Waals surface area (Å²) < 4.78 is 1.43. The van der Waals surface area contributed by atoms with Crippen molar-refractivity contribution in [2.75, 3.05) is 18.4 Å². The molecular formula is C20H21N5O3. The zero-order chi connectivity index (χ0) is 19.7. The van der Waals surface area contributed by atoms with Crippen molar-refractivity contribution >= 4 is 23.0 Å². The molecule has 2 amide bonds. The Hall–Kier alpha value is -3.42. The lowest BCUT2D eigenvalue weighted by molar-refractivity contribution is -0.121. The highest BCUT2D eigenvalue weighted by atomic mass is 16.2. The van der Waals surface area contributed by atoms with E-state index in [4.69, 9.17) is 0 Å². The van der Waals surface area contributed by atoms with Crippen molar-refractivity contribution in [1.29, 1.82) is 0 Å². The van der Waals surface area contributed by atoms with Crippen molar-refractivity contribution in [3.8, 4) is 0 Å². The summed E-state index contributed by atoms with van der Waals surface area (Å²) in [6.07, 6.45) is 2.86. The van der Waals surface area contributed by atoms with Gasteiger partial charge in [-0.2, -0.15) is 5.10 Å². The molecule has 2 aromatic heterocycles. The number of aromatic nitrogens is 3. The van der Waals surface area contributed by atoms with Crippen LogP contribution in [0, 0.1) is 12.8 Å². The Balaban J connectivity index is 1.41. The number of carbonyl (C=O) groups is 2. The van der Waals surface area contributed by atoms with Crippen LogP contribution >= 0.6 is 0 Å². The molecular weight excluding hydrogens is 358 g/mol. The van der Waals surface area contributed by atoms with Gasteiger partial charge in [0.1, 0.15) is 5.52 Å². The minimum atomic E-state index is -0.275. The van der Waals surface area contributed by atoms with E-state index in [-0.39, 0.29) is 29.0 Å². The van der Waals surface area contributed by atoms with Gasteiger partial charge in [-0.15, -0.1) is 0 Å². The largest absolute Gasteiger partial charge is 0.337 e. The zero-order valence-electron chi connectivity index (χ0n) is 15.5. The van der Waals surface area contributed by atoms with Crippen LogP contribution in [0.2, 0.25) is 0 Å². The second kappa shape index (κ2) is 7.30. The molecule has 1 aromatic carbocycles. The quantitative estimate of drug-likeness (QED) is 0.725. The fraction of sp³-hybridized carbons (Fsp3) is 0.300. The Kier molecular flexibility index (Phi) is 4.68. The number of nitrogens with zero attached hydrogens (tertiary/aromatic N) is 3. The van der Waals surface area contributed by atoms with Crippen molar-refractivity contribution in [2.45, 2.75) is 19.8 Å². The molecule has 1 aliphatic rings. The number of carbonyl (C=O) groups excluding carboxylic acids is 2. The summed E-state index contributed by atoms with van der Waals surface area (Å²) in [7, 11) is 0. The molecule has 0 aliphatic carbocycles. The normalized spacial score (nSPS) is 15.0. The van der Waals surface area contributed by atoms with Crippen LogP contribution in [0.5, 0.6) is 0 Å². The van der Waals surface area contributed by atoms with Crippen LogP contribution in [0.25, 0.3) is 5.52 Å². The van der Waals surface area contributed by atoms with Crippen molar-refractivity contribution in [3.05, 3.63) is 64.3 Å². The molecule has 0 saturated carbocycles. The topological polar surface area (TPSA) is 99.6 Å². The van der Waals surface area contributed by atoms with E-state index >= 15 is 0 Å².